The lowest BCUT2D eigenvalue weighted by molar-refractivity contribution is -0.147. The van der Waals surface area contributed by atoms with Gasteiger partial charge in [-0.1, -0.05) is 20.3 Å². The molecule has 20 heavy (non-hydrogen) atoms. The number of hydrogen-bond donors (Lipinski definition) is 1. The molecule has 1 aromatic rings. The molecule has 0 bridgehead atoms. The average molecular weight is 281 g/mol. The number of aryl methyl sites for hydroxylation is 1. The third kappa shape index (κ3) is 3.33. The first-order valence-electron chi connectivity index (χ1n) is 7.35. The van der Waals surface area contributed by atoms with Gasteiger partial charge in [-0.05, 0) is 42.2 Å². The van der Waals surface area contributed by atoms with Gasteiger partial charge in [-0.3, -0.25) is 9.69 Å². The van der Waals surface area contributed by atoms with Gasteiger partial charge < -0.3 is 5.11 Å². The molecular weight excluding hydrogens is 258 g/mol. The van der Waals surface area contributed by atoms with E-state index in [4.69, 9.17) is 0 Å². The molecule has 7 heteroatoms. The molecule has 2 atom stereocenters. The zero-order valence-corrected chi connectivity index (χ0v) is 12.2. The highest BCUT2D eigenvalue weighted by molar-refractivity contribution is 5.74. The van der Waals surface area contributed by atoms with Crippen molar-refractivity contribution in [3.05, 3.63) is 5.82 Å². The maximum absolute atomic E-state index is 11.5. The average Bonchev–Trinajstić information content (AvgIpc) is 2.83. The first-order chi connectivity index (χ1) is 9.63. The fourth-order valence-corrected chi connectivity index (χ4v) is 2.85. The smallest absolute Gasteiger partial charge is 0.321 e. The standard InChI is InChI=1S/C13H23N5O2/c1-3-4-8-18-11(14-15-16-18)9-17-7-5-6-10(2)12(17)13(19)20/h10,12H,3-9H2,1-2H3,(H,19,20). The molecule has 0 amide bonds. The van der Waals surface area contributed by atoms with Crippen LogP contribution in [0.15, 0.2) is 0 Å². The summed E-state index contributed by atoms with van der Waals surface area (Å²) < 4.78 is 1.79. The lowest BCUT2D eigenvalue weighted by atomic mass is 9.91. The van der Waals surface area contributed by atoms with Crippen LogP contribution >= 0.6 is 0 Å². The number of nitrogens with zero attached hydrogens (tertiary/aromatic N) is 5. The summed E-state index contributed by atoms with van der Waals surface area (Å²) in [6.45, 7) is 6.22. The van der Waals surface area contributed by atoms with E-state index >= 15 is 0 Å². The summed E-state index contributed by atoms with van der Waals surface area (Å²) >= 11 is 0. The quantitative estimate of drug-likeness (QED) is 0.842. The predicted octanol–water partition coefficient (Wildman–Crippen LogP) is 1.16. The predicted molar refractivity (Wildman–Crippen MR) is 73.0 cm³/mol. The zero-order chi connectivity index (χ0) is 14.5. The largest absolute Gasteiger partial charge is 0.480 e. The third-order valence-corrected chi connectivity index (χ3v) is 3.96. The number of carbonyl (C=O) groups is 1. The number of aliphatic carboxylic acids is 1. The van der Waals surface area contributed by atoms with E-state index in [2.05, 4.69) is 22.4 Å². The minimum atomic E-state index is -0.746. The van der Waals surface area contributed by atoms with Crippen LogP contribution in [-0.2, 0) is 17.9 Å². The molecule has 0 saturated carbocycles. The Kier molecular flexibility index (Phi) is 5.05. The molecule has 1 saturated heterocycles. The maximum atomic E-state index is 11.5. The molecular formula is C13H23N5O2. The van der Waals surface area contributed by atoms with Crippen LogP contribution in [0, 0.1) is 5.92 Å². The van der Waals surface area contributed by atoms with Crippen LogP contribution in [0.5, 0.6) is 0 Å². The Morgan fingerprint density at radius 1 is 1.50 bits per heavy atom. The Morgan fingerprint density at radius 2 is 2.30 bits per heavy atom. The van der Waals surface area contributed by atoms with Gasteiger partial charge in [0.1, 0.15) is 6.04 Å². The van der Waals surface area contributed by atoms with Crippen LogP contribution in [0.2, 0.25) is 0 Å². The summed E-state index contributed by atoms with van der Waals surface area (Å²) in [5.74, 6) is 0.185. The molecule has 2 heterocycles. The molecule has 2 rings (SSSR count). The van der Waals surface area contributed by atoms with Crippen LogP contribution < -0.4 is 0 Å². The van der Waals surface area contributed by atoms with Crippen LogP contribution in [0.1, 0.15) is 45.4 Å². The van der Waals surface area contributed by atoms with Gasteiger partial charge in [0, 0.05) is 6.54 Å². The SMILES string of the molecule is CCCCn1nnnc1CN1CCCC(C)C1C(=O)O. The van der Waals surface area contributed by atoms with E-state index in [1.165, 1.54) is 0 Å². The van der Waals surface area contributed by atoms with Crippen molar-refractivity contribution < 1.29 is 9.90 Å². The molecule has 2 unspecified atom stereocenters. The van der Waals surface area contributed by atoms with Crippen molar-refractivity contribution in [2.24, 2.45) is 5.92 Å². The normalized spacial score (nSPS) is 23.9. The van der Waals surface area contributed by atoms with Crippen molar-refractivity contribution in [2.45, 2.75) is 58.7 Å². The molecule has 1 N–H and O–H groups in total. The van der Waals surface area contributed by atoms with E-state index in [0.717, 1.165) is 44.6 Å². The number of tetrazole rings is 1. The molecule has 0 aromatic carbocycles. The van der Waals surface area contributed by atoms with Crippen molar-refractivity contribution in [3.63, 3.8) is 0 Å². The number of likely N-dealkylation sites (tertiary alicyclic amines) is 1. The number of aromatic nitrogens is 4. The van der Waals surface area contributed by atoms with Crippen molar-refractivity contribution in [1.82, 2.24) is 25.1 Å². The van der Waals surface area contributed by atoms with E-state index < -0.39 is 12.0 Å². The first kappa shape index (κ1) is 14.9. The van der Waals surface area contributed by atoms with Crippen molar-refractivity contribution >= 4 is 5.97 Å². The fraction of sp³-hybridized carbons (Fsp3) is 0.846. The van der Waals surface area contributed by atoms with Gasteiger partial charge in [-0.15, -0.1) is 5.10 Å². The number of piperidine rings is 1. The summed E-state index contributed by atoms with van der Waals surface area (Å²) in [7, 11) is 0. The van der Waals surface area contributed by atoms with Gasteiger partial charge in [0.05, 0.1) is 6.54 Å². The lowest BCUT2D eigenvalue weighted by Gasteiger charge is -2.36. The molecule has 112 valence electrons. The highest BCUT2D eigenvalue weighted by Gasteiger charge is 2.34. The van der Waals surface area contributed by atoms with E-state index in [-0.39, 0.29) is 5.92 Å². The maximum Gasteiger partial charge on any atom is 0.321 e. The van der Waals surface area contributed by atoms with Crippen LogP contribution in [0.3, 0.4) is 0 Å². The number of rotatable bonds is 6. The second-order valence-corrected chi connectivity index (χ2v) is 5.54. The van der Waals surface area contributed by atoms with Gasteiger partial charge in [0.15, 0.2) is 5.82 Å². The van der Waals surface area contributed by atoms with Gasteiger partial charge in [-0.2, -0.15) is 0 Å². The van der Waals surface area contributed by atoms with Gasteiger partial charge in [-0.25, -0.2) is 4.68 Å². The van der Waals surface area contributed by atoms with Crippen molar-refractivity contribution in [1.29, 1.82) is 0 Å². The van der Waals surface area contributed by atoms with E-state index in [1.54, 1.807) is 4.68 Å². The molecule has 1 fully saturated rings. The second kappa shape index (κ2) is 6.78. The summed E-state index contributed by atoms with van der Waals surface area (Å²) in [6.07, 6.45) is 4.10. The highest BCUT2D eigenvalue weighted by atomic mass is 16.4. The lowest BCUT2D eigenvalue weighted by Crippen LogP contribution is -2.49. The zero-order valence-electron chi connectivity index (χ0n) is 12.2. The number of hydrogen-bond acceptors (Lipinski definition) is 5. The summed E-state index contributed by atoms with van der Waals surface area (Å²) in [6, 6.07) is -0.430. The van der Waals surface area contributed by atoms with Crippen molar-refractivity contribution in [3.8, 4) is 0 Å². The minimum absolute atomic E-state index is 0.168. The van der Waals surface area contributed by atoms with Crippen molar-refractivity contribution in [2.75, 3.05) is 6.54 Å². The number of unbranched alkanes of at least 4 members (excludes halogenated alkanes) is 1. The highest BCUT2D eigenvalue weighted by Crippen LogP contribution is 2.24. The molecule has 1 aliphatic rings. The van der Waals surface area contributed by atoms with Gasteiger partial charge >= 0.3 is 5.97 Å². The monoisotopic (exact) mass is 281 g/mol. The molecule has 0 radical (unpaired) electrons. The summed E-state index contributed by atoms with van der Waals surface area (Å²) in [4.78, 5) is 13.5. The molecule has 1 aliphatic heterocycles. The third-order valence-electron chi connectivity index (χ3n) is 3.96. The Bertz CT molecular complexity index is 448. The Hall–Kier alpha value is -1.50. The fourth-order valence-electron chi connectivity index (χ4n) is 2.85. The minimum Gasteiger partial charge on any atom is -0.480 e. The first-order valence-corrected chi connectivity index (χ1v) is 7.35. The molecule has 1 aromatic heterocycles. The number of carboxylic acid groups (broad SMARTS) is 1. The van der Waals surface area contributed by atoms with Gasteiger partial charge in [0.2, 0.25) is 0 Å². The molecule has 0 aliphatic carbocycles. The van der Waals surface area contributed by atoms with Gasteiger partial charge in [0.25, 0.3) is 0 Å². The van der Waals surface area contributed by atoms with E-state index in [0.29, 0.717) is 6.54 Å². The van der Waals surface area contributed by atoms with E-state index in [9.17, 15) is 9.90 Å². The van der Waals surface area contributed by atoms with Crippen LogP contribution in [-0.4, -0.2) is 48.8 Å². The Labute approximate surface area is 119 Å². The van der Waals surface area contributed by atoms with E-state index in [1.807, 2.05) is 11.8 Å². The Morgan fingerprint density at radius 3 is 3.00 bits per heavy atom. The summed E-state index contributed by atoms with van der Waals surface area (Å²) in [5.41, 5.74) is 0. The van der Waals surface area contributed by atoms with Crippen LogP contribution in [0.25, 0.3) is 0 Å². The summed E-state index contributed by atoms with van der Waals surface area (Å²) in [5, 5.41) is 21.2. The van der Waals surface area contributed by atoms with Crippen LogP contribution in [0.4, 0.5) is 0 Å². The number of carboxylic acids is 1. The molecule has 0 spiro atoms. The molecule has 7 nitrogen and oxygen atoms in total. The Balaban J connectivity index is 2.07. The second-order valence-electron chi connectivity index (χ2n) is 5.54. The topological polar surface area (TPSA) is 84.1 Å².